The lowest BCUT2D eigenvalue weighted by molar-refractivity contribution is -0.147. The Labute approximate surface area is 277 Å². The number of fused-ring (bicyclic) bond motifs is 4. The Morgan fingerprint density at radius 2 is 1.79 bits per heavy atom. The maximum atomic E-state index is 11.9. The molecular formula is C37H48N6O4. The number of nitrogen functional groups attached to an aromatic ring is 1. The van der Waals surface area contributed by atoms with Gasteiger partial charge in [-0.2, -0.15) is 0 Å². The molecule has 10 heteroatoms. The fourth-order valence-electron chi connectivity index (χ4n) is 8.73. The van der Waals surface area contributed by atoms with Gasteiger partial charge in [-0.25, -0.2) is 4.98 Å². The molecule has 0 radical (unpaired) electrons. The second kappa shape index (κ2) is 14.1. The van der Waals surface area contributed by atoms with E-state index in [0.717, 1.165) is 82.7 Å². The van der Waals surface area contributed by atoms with E-state index in [1.54, 1.807) is 12.1 Å². The van der Waals surface area contributed by atoms with E-state index in [4.69, 9.17) is 15.2 Å². The number of esters is 1. The van der Waals surface area contributed by atoms with Gasteiger partial charge in [0, 0.05) is 50.0 Å². The molecule has 1 aromatic carbocycles. The number of rotatable bonds is 8. The Balaban J connectivity index is 0.947. The summed E-state index contributed by atoms with van der Waals surface area (Å²) in [6.07, 6.45) is 12.8. The molecule has 5 aliphatic rings. The van der Waals surface area contributed by atoms with Crippen LogP contribution in [0.15, 0.2) is 48.7 Å². The molecule has 3 N–H and O–H groups in total. The maximum absolute atomic E-state index is 11.9. The lowest BCUT2D eigenvalue weighted by Gasteiger charge is -2.40. The van der Waals surface area contributed by atoms with Crippen LogP contribution in [-0.2, 0) is 16.0 Å². The molecule has 0 amide bonds. The number of hydrogen-bond acceptors (Lipinski definition) is 10. The number of para-hydroxylation sites is 1. The van der Waals surface area contributed by atoms with E-state index in [1.165, 1.54) is 31.9 Å². The number of hydrogen-bond donors (Lipinski definition) is 2. The second-order valence-electron chi connectivity index (χ2n) is 14.2. The maximum Gasteiger partial charge on any atom is 0.308 e. The minimum absolute atomic E-state index is 0.0494. The lowest BCUT2D eigenvalue weighted by Crippen LogP contribution is -2.46. The number of methoxy groups -OCH3 is 1. The number of aromatic hydroxyl groups is 1. The van der Waals surface area contributed by atoms with Gasteiger partial charge in [-0.3, -0.25) is 4.79 Å². The van der Waals surface area contributed by atoms with Gasteiger partial charge in [0.05, 0.1) is 24.4 Å². The van der Waals surface area contributed by atoms with Crippen molar-refractivity contribution in [1.29, 1.82) is 0 Å². The molecule has 3 aromatic rings. The van der Waals surface area contributed by atoms with Crippen molar-refractivity contribution in [1.82, 2.24) is 20.1 Å². The smallest absolute Gasteiger partial charge is 0.308 e. The molecule has 8 rings (SSSR count). The van der Waals surface area contributed by atoms with Crippen LogP contribution in [0, 0.1) is 23.7 Å². The van der Waals surface area contributed by atoms with Gasteiger partial charge < -0.3 is 30.1 Å². The minimum Gasteiger partial charge on any atom is -0.507 e. The Morgan fingerprint density at radius 1 is 0.979 bits per heavy atom. The molecule has 3 atom stereocenters. The molecule has 5 heterocycles. The van der Waals surface area contributed by atoms with E-state index < -0.39 is 0 Å². The number of carbonyl (C=O) groups is 1. The van der Waals surface area contributed by atoms with Crippen molar-refractivity contribution in [2.24, 2.45) is 23.7 Å². The van der Waals surface area contributed by atoms with E-state index in [-0.39, 0.29) is 23.7 Å². The molecule has 3 unspecified atom stereocenters. The zero-order valence-electron chi connectivity index (χ0n) is 27.5. The third-order valence-electron chi connectivity index (χ3n) is 11.3. The largest absolute Gasteiger partial charge is 0.507 e. The van der Waals surface area contributed by atoms with Gasteiger partial charge >= 0.3 is 5.97 Å². The minimum atomic E-state index is -0.0494. The molecule has 2 aliphatic carbocycles. The summed E-state index contributed by atoms with van der Waals surface area (Å²) in [6.45, 7) is 3.96. The van der Waals surface area contributed by atoms with Crippen LogP contribution in [0.4, 0.5) is 11.5 Å². The normalized spacial score (nSPS) is 26.9. The highest BCUT2D eigenvalue weighted by atomic mass is 16.5. The predicted octanol–water partition coefficient (Wildman–Crippen LogP) is 5.50. The molecule has 5 fully saturated rings. The highest BCUT2D eigenvalue weighted by Gasteiger charge is 2.37. The van der Waals surface area contributed by atoms with Crippen molar-refractivity contribution in [3.63, 3.8) is 0 Å². The van der Waals surface area contributed by atoms with Gasteiger partial charge in [-0.05, 0) is 112 Å². The van der Waals surface area contributed by atoms with Gasteiger partial charge in [0.15, 0.2) is 5.82 Å². The zero-order valence-corrected chi connectivity index (χ0v) is 27.5. The zero-order chi connectivity index (χ0) is 32.3. The van der Waals surface area contributed by atoms with E-state index in [2.05, 4.69) is 37.1 Å². The third kappa shape index (κ3) is 7.17. The number of carbonyl (C=O) groups excluding carboxylic acids is 1. The van der Waals surface area contributed by atoms with Crippen LogP contribution in [0.2, 0.25) is 0 Å². The van der Waals surface area contributed by atoms with Crippen molar-refractivity contribution in [3.05, 3.63) is 54.2 Å². The molecular weight excluding hydrogens is 592 g/mol. The summed E-state index contributed by atoms with van der Waals surface area (Å²) >= 11 is 0. The van der Waals surface area contributed by atoms with Gasteiger partial charge in [-0.1, -0.05) is 12.1 Å². The van der Waals surface area contributed by atoms with Gasteiger partial charge in [0.2, 0.25) is 5.88 Å². The summed E-state index contributed by atoms with van der Waals surface area (Å²) in [5, 5.41) is 19.0. The summed E-state index contributed by atoms with van der Waals surface area (Å²) in [5.41, 5.74) is 9.91. The van der Waals surface area contributed by atoms with E-state index >= 15 is 0 Å². The van der Waals surface area contributed by atoms with Crippen molar-refractivity contribution < 1.29 is 19.4 Å². The Bertz CT molecular complexity index is 1540. The highest BCUT2D eigenvalue weighted by molar-refractivity contribution is 5.74. The molecule has 2 bridgehead atoms. The number of benzene rings is 1. The Kier molecular flexibility index (Phi) is 9.47. The molecule has 250 valence electrons. The first-order chi connectivity index (χ1) is 22.9. The number of piperidine rings is 1. The first kappa shape index (κ1) is 31.7. The topological polar surface area (TPSA) is 127 Å². The van der Waals surface area contributed by atoms with Crippen LogP contribution in [0.25, 0.3) is 11.3 Å². The quantitative estimate of drug-likeness (QED) is 0.305. The lowest BCUT2D eigenvalue weighted by atomic mass is 9.73. The number of phenols is 1. The van der Waals surface area contributed by atoms with Crippen LogP contribution in [0.5, 0.6) is 11.6 Å². The molecule has 3 aliphatic heterocycles. The van der Waals surface area contributed by atoms with E-state index in [9.17, 15) is 9.90 Å². The SMILES string of the molecule is COC(=O)C1CCC(N2CCC(Oc3cc(CC4CC5CCC4CN(c4cc(-c6ccccc6O)nnc4N)C5)ccn3)CC2)CC1. The Morgan fingerprint density at radius 3 is 2.57 bits per heavy atom. The van der Waals surface area contributed by atoms with Gasteiger partial charge in [0.1, 0.15) is 11.9 Å². The number of likely N-dealkylation sites (tertiary alicyclic amines) is 1. The molecule has 47 heavy (non-hydrogen) atoms. The number of nitrogens with zero attached hydrogens (tertiary/aromatic N) is 5. The molecule has 3 saturated heterocycles. The van der Waals surface area contributed by atoms with Crippen molar-refractivity contribution in [3.8, 4) is 22.9 Å². The van der Waals surface area contributed by atoms with Crippen molar-refractivity contribution in [2.75, 3.05) is 43.9 Å². The average Bonchev–Trinajstić information content (AvgIpc) is 3.41. The first-order valence-electron chi connectivity index (χ1n) is 17.5. The number of aromatic nitrogens is 3. The molecule has 10 nitrogen and oxygen atoms in total. The van der Waals surface area contributed by atoms with Crippen molar-refractivity contribution in [2.45, 2.75) is 76.4 Å². The summed E-state index contributed by atoms with van der Waals surface area (Å²) in [7, 11) is 1.49. The van der Waals surface area contributed by atoms with Gasteiger partial charge in [-0.15, -0.1) is 10.2 Å². The fraction of sp³-hybridized carbons (Fsp3) is 0.568. The van der Waals surface area contributed by atoms with E-state index in [0.29, 0.717) is 40.9 Å². The fourth-order valence-corrected chi connectivity index (χ4v) is 8.73. The first-order valence-corrected chi connectivity index (χ1v) is 17.5. The van der Waals surface area contributed by atoms with Crippen LogP contribution < -0.4 is 15.4 Å². The monoisotopic (exact) mass is 640 g/mol. The summed E-state index contributed by atoms with van der Waals surface area (Å²) in [6, 6.07) is 14.1. The molecule has 2 aromatic heterocycles. The van der Waals surface area contributed by atoms with Crippen LogP contribution in [0.1, 0.15) is 63.4 Å². The third-order valence-corrected chi connectivity index (χ3v) is 11.3. The van der Waals surface area contributed by atoms with Gasteiger partial charge in [0.25, 0.3) is 0 Å². The van der Waals surface area contributed by atoms with Crippen molar-refractivity contribution >= 4 is 17.5 Å². The summed E-state index contributed by atoms with van der Waals surface area (Å²) < 4.78 is 11.4. The summed E-state index contributed by atoms with van der Waals surface area (Å²) in [5.74, 6) is 3.13. The van der Waals surface area contributed by atoms with Crippen LogP contribution >= 0.6 is 0 Å². The van der Waals surface area contributed by atoms with E-state index in [1.807, 2.05) is 24.4 Å². The second-order valence-corrected chi connectivity index (χ2v) is 14.2. The standard InChI is InChI=1S/C37H48N6O4/c1-46-37(45)26-8-10-29(11-9-26)42-16-13-30(14-17-42)47-35-20-24(12-15-39-35)18-28-19-25-6-7-27(28)23-43(22-25)33-21-32(40-41-36(33)38)31-4-2-3-5-34(31)44/h2-5,12,15,20-21,25-30,44H,6-11,13-14,16-19,22-23H2,1H3,(H2,38,41). The molecule has 2 saturated carbocycles. The number of ether oxygens (including phenoxy) is 2. The van der Waals surface area contributed by atoms with Crippen LogP contribution in [0.3, 0.4) is 0 Å². The Hall–Kier alpha value is -3.92. The predicted molar refractivity (Wildman–Crippen MR) is 181 cm³/mol. The highest BCUT2D eigenvalue weighted by Crippen LogP contribution is 2.43. The summed E-state index contributed by atoms with van der Waals surface area (Å²) in [4.78, 5) is 21.5. The number of pyridine rings is 1. The number of anilines is 2. The molecule has 0 spiro atoms. The average molecular weight is 641 g/mol. The number of phenolic OH excluding ortho intramolecular Hbond substituents is 1. The van der Waals surface area contributed by atoms with Crippen LogP contribution in [-0.4, -0.2) is 76.6 Å². The number of nitrogens with two attached hydrogens (primary N) is 1.